The average Bonchev–Trinajstić information content (AvgIpc) is 2.90. The Balaban J connectivity index is 1.50. The first-order chi connectivity index (χ1) is 10.9. The highest BCUT2D eigenvalue weighted by Crippen LogP contribution is 2.19. The Morgan fingerprint density at radius 2 is 2.00 bits per heavy atom. The number of pyridine rings is 1. The Hall–Kier alpha value is -1.47. The van der Waals surface area contributed by atoms with Gasteiger partial charge >= 0.3 is 0 Å². The van der Waals surface area contributed by atoms with Crippen molar-refractivity contribution in [1.82, 2.24) is 14.8 Å². The Morgan fingerprint density at radius 3 is 2.57 bits per heavy atom. The molecule has 2 aliphatic heterocycles. The molecule has 0 unspecified atom stereocenters. The molecule has 0 aromatic carbocycles. The number of carbonyl (C=O) groups excluding carboxylic acids is 1. The highest BCUT2D eigenvalue weighted by Gasteiger charge is 2.34. The van der Waals surface area contributed by atoms with Crippen LogP contribution in [0.4, 0.5) is 0 Å². The van der Waals surface area contributed by atoms with Gasteiger partial charge in [-0.2, -0.15) is 0 Å². The lowest BCUT2D eigenvalue weighted by Gasteiger charge is -2.37. The normalized spacial score (nSPS) is 24.7. The second kappa shape index (κ2) is 6.57. The summed E-state index contributed by atoms with van der Waals surface area (Å²) in [5.41, 5.74) is 1.88. The molecule has 0 bridgehead atoms. The van der Waals surface area contributed by atoms with Crippen LogP contribution in [0.5, 0.6) is 0 Å². The van der Waals surface area contributed by atoms with Crippen LogP contribution in [0.15, 0.2) is 18.3 Å². The maximum atomic E-state index is 12.4. The smallest absolute Gasteiger partial charge is 0.227 e. The van der Waals surface area contributed by atoms with Crippen LogP contribution in [0.25, 0.3) is 0 Å². The molecule has 1 amide bonds. The third-order valence-corrected chi connectivity index (χ3v) is 6.47. The largest absolute Gasteiger partial charge is 0.340 e. The molecular formula is C16H23N3O3S. The molecule has 1 aromatic heterocycles. The number of hydrogen-bond donors (Lipinski definition) is 0. The van der Waals surface area contributed by atoms with Crippen molar-refractivity contribution < 1.29 is 13.2 Å². The van der Waals surface area contributed by atoms with Gasteiger partial charge in [-0.3, -0.25) is 14.7 Å². The van der Waals surface area contributed by atoms with Gasteiger partial charge in [0.05, 0.1) is 17.9 Å². The molecule has 1 aromatic rings. The molecule has 1 atom stereocenters. The van der Waals surface area contributed by atoms with Gasteiger partial charge in [0.2, 0.25) is 5.91 Å². The van der Waals surface area contributed by atoms with E-state index in [9.17, 15) is 13.2 Å². The van der Waals surface area contributed by atoms with E-state index in [2.05, 4.69) is 9.88 Å². The van der Waals surface area contributed by atoms with Crippen LogP contribution < -0.4 is 0 Å². The summed E-state index contributed by atoms with van der Waals surface area (Å²) in [4.78, 5) is 20.7. The number of aromatic nitrogens is 1. The number of piperazine rings is 1. The van der Waals surface area contributed by atoms with Gasteiger partial charge in [0.25, 0.3) is 0 Å². The highest BCUT2D eigenvalue weighted by molar-refractivity contribution is 7.91. The van der Waals surface area contributed by atoms with Gasteiger partial charge < -0.3 is 4.90 Å². The molecule has 3 rings (SSSR count). The molecule has 126 valence electrons. The van der Waals surface area contributed by atoms with Crippen molar-refractivity contribution in [2.75, 3.05) is 37.7 Å². The summed E-state index contributed by atoms with van der Waals surface area (Å²) in [6, 6.07) is 4.00. The monoisotopic (exact) mass is 337 g/mol. The molecule has 6 nitrogen and oxygen atoms in total. The minimum absolute atomic E-state index is 0.120. The van der Waals surface area contributed by atoms with E-state index in [-0.39, 0.29) is 17.7 Å². The highest BCUT2D eigenvalue weighted by atomic mass is 32.2. The minimum atomic E-state index is -2.85. The second-order valence-corrected chi connectivity index (χ2v) is 8.69. The van der Waals surface area contributed by atoms with E-state index >= 15 is 0 Å². The van der Waals surface area contributed by atoms with Crippen molar-refractivity contribution in [1.29, 1.82) is 0 Å². The van der Waals surface area contributed by atoms with Crippen molar-refractivity contribution in [3.05, 3.63) is 29.6 Å². The third-order valence-electron chi connectivity index (χ3n) is 4.72. The lowest BCUT2D eigenvalue weighted by molar-refractivity contribution is -0.132. The van der Waals surface area contributed by atoms with E-state index in [1.165, 1.54) is 0 Å². The Bertz CT molecular complexity index is 664. The third kappa shape index (κ3) is 4.09. The summed E-state index contributed by atoms with van der Waals surface area (Å²) in [6.45, 7) is 4.80. The van der Waals surface area contributed by atoms with E-state index in [0.29, 0.717) is 25.3 Å². The van der Waals surface area contributed by atoms with E-state index < -0.39 is 9.84 Å². The summed E-state index contributed by atoms with van der Waals surface area (Å²) in [5.74, 6) is 0.696. The van der Waals surface area contributed by atoms with Crippen molar-refractivity contribution in [2.24, 2.45) is 0 Å². The fourth-order valence-corrected chi connectivity index (χ4v) is 5.05. The van der Waals surface area contributed by atoms with Crippen LogP contribution in [-0.4, -0.2) is 72.8 Å². The predicted molar refractivity (Wildman–Crippen MR) is 87.9 cm³/mol. The molecule has 0 saturated carbocycles. The summed E-state index contributed by atoms with van der Waals surface area (Å²) in [7, 11) is -2.85. The molecule has 2 saturated heterocycles. The van der Waals surface area contributed by atoms with Crippen molar-refractivity contribution in [2.45, 2.75) is 25.8 Å². The van der Waals surface area contributed by atoms with E-state index in [4.69, 9.17) is 0 Å². The van der Waals surface area contributed by atoms with E-state index in [1.807, 2.05) is 24.0 Å². The molecule has 0 radical (unpaired) electrons. The van der Waals surface area contributed by atoms with Crippen LogP contribution in [-0.2, 0) is 21.1 Å². The summed E-state index contributed by atoms with van der Waals surface area (Å²) in [6.07, 6.45) is 2.86. The summed E-state index contributed by atoms with van der Waals surface area (Å²) in [5, 5.41) is 0. The van der Waals surface area contributed by atoms with E-state index in [0.717, 1.165) is 30.8 Å². The number of aryl methyl sites for hydroxylation is 1. The van der Waals surface area contributed by atoms with Gasteiger partial charge in [0.1, 0.15) is 0 Å². The first-order valence-electron chi connectivity index (χ1n) is 8.07. The Labute approximate surface area is 137 Å². The van der Waals surface area contributed by atoms with Gasteiger partial charge in [-0.25, -0.2) is 8.42 Å². The van der Waals surface area contributed by atoms with Crippen LogP contribution in [0.3, 0.4) is 0 Å². The molecule has 2 fully saturated rings. The lowest BCUT2D eigenvalue weighted by atomic mass is 10.1. The predicted octanol–water partition coefficient (Wildman–Crippen LogP) is 0.264. The summed E-state index contributed by atoms with van der Waals surface area (Å²) >= 11 is 0. The topological polar surface area (TPSA) is 70.6 Å². The van der Waals surface area contributed by atoms with E-state index in [1.54, 1.807) is 6.20 Å². The number of carbonyl (C=O) groups is 1. The molecule has 2 aliphatic rings. The first kappa shape index (κ1) is 16.4. The first-order valence-corrected chi connectivity index (χ1v) is 9.89. The lowest BCUT2D eigenvalue weighted by Crippen LogP contribution is -2.52. The van der Waals surface area contributed by atoms with Crippen molar-refractivity contribution in [3.8, 4) is 0 Å². The van der Waals surface area contributed by atoms with Crippen LogP contribution in [0, 0.1) is 6.92 Å². The molecule has 3 heterocycles. The molecule has 7 heteroatoms. The van der Waals surface area contributed by atoms with Gasteiger partial charge in [-0.15, -0.1) is 0 Å². The molecule has 0 spiro atoms. The molecule has 0 aliphatic carbocycles. The zero-order chi connectivity index (χ0) is 16.4. The number of nitrogens with zero attached hydrogens (tertiary/aromatic N) is 3. The molecular weight excluding hydrogens is 314 g/mol. The van der Waals surface area contributed by atoms with Gasteiger partial charge in [0, 0.05) is 44.1 Å². The zero-order valence-electron chi connectivity index (χ0n) is 13.4. The van der Waals surface area contributed by atoms with Crippen LogP contribution in [0.2, 0.25) is 0 Å². The van der Waals surface area contributed by atoms with Gasteiger partial charge in [-0.1, -0.05) is 6.07 Å². The number of hydrogen-bond acceptors (Lipinski definition) is 5. The fraction of sp³-hybridized carbons (Fsp3) is 0.625. The average molecular weight is 337 g/mol. The minimum Gasteiger partial charge on any atom is -0.340 e. The maximum Gasteiger partial charge on any atom is 0.227 e. The zero-order valence-corrected chi connectivity index (χ0v) is 14.3. The number of sulfone groups is 1. The molecule has 0 N–H and O–H groups in total. The fourth-order valence-electron chi connectivity index (χ4n) is 3.29. The van der Waals surface area contributed by atoms with Crippen LogP contribution >= 0.6 is 0 Å². The Morgan fingerprint density at radius 1 is 1.26 bits per heavy atom. The summed E-state index contributed by atoms with van der Waals surface area (Å²) < 4.78 is 23.2. The van der Waals surface area contributed by atoms with Crippen molar-refractivity contribution in [3.63, 3.8) is 0 Å². The van der Waals surface area contributed by atoms with Crippen LogP contribution in [0.1, 0.15) is 17.7 Å². The quantitative estimate of drug-likeness (QED) is 0.791. The van der Waals surface area contributed by atoms with Gasteiger partial charge in [0.15, 0.2) is 9.84 Å². The van der Waals surface area contributed by atoms with Crippen molar-refractivity contribution >= 4 is 15.7 Å². The van der Waals surface area contributed by atoms with Gasteiger partial charge in [-0.05, 0) is 25.0 Å². The SMILES string of the molecule is Cc1ccc(CC(=O)N2CCN([C@@H]3CCS(=O)(=O)C3)CC2)cn1. The molecule has 23 heavy (non-hydrogen) atoms. The standard InChI is InChI=1S/C16H23N3O3S/c1-13-2-3-14(11-17-13)10-16(20)19-7-5-18(6-8-19)15-4-9-23(21,22)12-15/h2-3,11,15H,4-10,12H2,1H3/t15-/m1/s1. The second-order valence-electron chi connectivity index (χ2n) is 6.46. The Kier molecular flexibility index (Phi) is 4.68. The number of rotatable bonds is 3. The number of amides is 1. The maximum absolute atomic E-state index is 12.4.